The van der Waals surface area contributed by atoms with Crippen LogP contribution in [0.25, 0.3) is 22.3 Å². The van der Waals surface area contributed by atoms with Crippen molar-refractivity contribution in [3.05, 3.63) is 29.3 Å². The lowest BCUT2D eigenvalue weighted by Crippen LogP contribution is -2.50. The second-order valence-corrected chi connectivity index (χ2v) is 29.9. The van der Waals surface area contributed by atoms with Crippen LogP contribution in [0.15, 0.2) is 23.8 Å². The van der Waals surface area contributed by atoms with Crippen molar-refractivity contribution in [3.63, 3.8) is 0 Å². The molecule has 2 fully saturated rings. The first-order valence-electron chi connectivity index (χ1n) is 18.9. The van der Waals surface area contributed by atoms with Crippen molar-refractivity contribution < 1.29 is 60.8 Å². The molecule has 2 aliphatic heterocycles. The first-order valence-corrected chi connectivity index (χ1v) is 27.7. The Morgan fingerprint density at radius 1 is 0.783 bits per heavy atom. The molecule has 60 heavy (non-hydrogen) atoms. The molecule has 6 heterocycles. The molecule has 4 aromatic heterocycles. The molecule has 24 nitrogen and oxygen atoms in total. The number of nitrogen functional groups attached to an aromatic ring is 2. The average Bonchev–Trinajstić information content (AvgIpc) is 3.87. The van der Waals surface area contributed by atoms with Crippen molar-refractivity contribution in [2.45, 2.75) is 127 Å². The predicted octanol–water partition coefficient (Wildman–Crippen LogP) is 2.67. The van der Waals surface area contributed by atoms with E-state index in [1.54, 1.807) is 0 Å². The normalized spacial score (nSPS) is 27.0. The van der Waals surface area contributed by atoms with Gasteiger partial charge in [0.2, 0.25) is 5.95 Å². The largest absolute Gasteiger partial charge is 0.472 e. The Kier molecular flexibility index (Phi) is 12.6. The molecule has 0 amide bonds. The highest BCUT2D eigenvalue weighted by Crippen LogP contribution is 2.53. The van der Waals surface area contributed by atoms with Gasteiger partial charge in [0.15, 0.2) is 51.7 Å². The number of phosphoric ester groups is 2. The van der Waals surface area contributed by atoms with Crippen LogP contribution in [0.2, 0.25) is 36.3 Å². The zero-order valence-corrected chi connectivity index (χ0v) is 38.6. The van der Waals surface area contributed by atoms with E-state index in [4.69, 9.17) is 43.4 Å². The number of H-pyrrole nitrogens is 1. The van der Waals surface area contributed by atoms with Gasteiger partial charge < -0.3 is 49.6 Å². The van der Waals surface area contributed by atoms with Gasteiger partial charge in [-0.2, -0.15) is 4.98 Å². The van der Waals surface area contributed by atoms with Crippen molar-refractivity contribution in [2.24, 2.45) is 0 Å². The summed E-state index contributed by atoms with van der Waals surface area (Å²) >= 11 is 0. The number of phosphoric acid groups is 2. The molecule has 9 atom stereocenters. The minimum Gasteiger partial charge on any atom is -0.408 e. The van der Waals surface area contributed by atoms with Crippen molar-refractivity contribution in [1.29, 1.82) is 0 Å². The lowest BCUT2D eigenvalue weighted by molar-refractivity contribution is -0.0578. The number of fused-ring (bicyclic) bond motifs is 2. The summed E-state index contributed by atoms with van der Waals surface area (Å²) in [4.78, 5) is 67.6. The highest BCUT2D eigenvalue weighted by molar-refractivity contribution is 7.47. The van der Waals surface area contributed by atoms with Crippen molar-refractivity contribution in [1.82, 2.24) is 39.0 Å². The third-order valence-electron chi connectivity index (χ3n) is 11.5. The standard InChI is InChI=1S/C32H54N10O14P2Si2/c1-31(2,3)59(7,8)55-21-17(52-28(22(21)53-57(45,46)47)42-15-38-19-26(42)39-30(34)40-27(19)44)12-50-58(48,49)54-20-16(11-43)51-29(23(20)56-60(9,10)32(4,5)6)41-14-37-18-24(33)35-13-36-25(18)41/h13-17,20-23,28-29,43H,11-12H2,1-10H3,(H,48,49)(H2,33,35,36)(H2,45,46,47)(H3,34,39,40,44)/t16-,17-,20?,21?,22?,23?,28-,29-/m1/s1. The number of anilines is 2. The molecule has 2 aliphatic rings. The number of ether oxygens (including phenoxy) is 2. The summed E-state index contributed by atoms with van der Waals surface area (Å²) in [6.07, 6.45) is -6.92. The highest BCUT2D eigenvalue weighted by atomic mass is 31.2. The number of imidazole rings is 2. The van der Waals surface area contributed by atoms with Crippen molar-refractivity contribution in [2.75, 3.05) is 24.7 Å². The zero-order chi connectivity index (χ0) is 44.5. The van der Waals surface area contributed by atoms with E-state index in [2.05, 4.69) is 29.9 Å². The first-order chi connectivity index (χ1) is 27.5. The van der Waals surface area contributed by atoms with Crippen molar-refractivity contribution >= 4 is 66.4 Å². The third kappa shape index (κ3) is 9.33. The van der Waals surface area contributed by atoms with E-state index < -0.39 is 105 Å². The maximum atomic E-state index is 14.1. The lowest BCUT2D eigenvalue weighted by atomic mass is 10.1. The SMILES string of the molecule is CC(C)(C)[Si](C)(C)OC1C(OP(=O)(O)OC[C@H]2O[C@@H](n3cnc4c(=O)[nH]c(N)nc43)C(OP(=O)(O)O)C2O[Si](C)(C)C(C)(C)C)[C@@H](CO)O[C@H]1n1cnc2c(N)ncnc21. The molecule has 4 aromatic rings. The van der Waals surface area contributed by atoms with E-state index in [9.17, 15) is 33.7 Å². The number of nitrogens with two attached hydrogens (primary N) is 2. The molecule has 0 saturated carbocycles. The summed E-state index contributed by atoms with van der Waals surface area (Å²) in [5.74, 6) is -0.171. The molecule has 0 aliphatic carbocycles. The Morgan fingerprint density at radius 2 is 1.33 bits per heavy atom. The Labute approximate surface area is 346 Å². The molecule has 28 heteroatoms. The summed E-state index contributed by atoms with van der Waals surface area (Å²) in [5.41, 5.74) is 11.5. The Bertz CT molecular complexity index is 2360. The minimum atomic E-state index is -5.30. The zero-order valence-electron chi connectivity index (χ0n) is 34.8. The summed E-state index contributed by atoms with van der Waals surface area (Å²) < 4.78 is 72.2. The van der Waals surface area contributed by atoms with E-state index in [0.29, 0.717) is 0 Å². The number of nitrogens with one attached hydrogen (secondary N) is 1. The molecule has 9 N–H and O–H groups in total. The fraction of sp³-hybridized carbons (Fsp3) is 0.688. The van der Waals surface area contributed by atoms with Crippen molar-refractivity contribution in [3.8, 4) is 0 Å². The average molecular weight is 921 g/mol. The smallest absolute Gasteiger partial charge is 0.408 e. The van der Waals surface area contributed by atoms with E-state index >= 15 is 0 Å². The van der Waals surface area contributed by atoms with Crippen LogP contribution in [-0.2, 0) is 41.0 Å². The van der Waals surface area contributed by atoms with Gasteiger partial charge in [-0.05, 0) is 36.3 Å². The first kappa shape index (κ1) is 46.5. The summed E-state index contributed by atoms with van der Waals surface area (Å²) in [5, 5.41) is 9.74. The molecule has 0 spiro atoms. The number of aromatic nitrogens is 8. The third-order valence-corrected chi connectivity index (χ3v) is 22.0. The predicted molar refractivity (Wildman–Crippen MR) is 219 cm³/mol. The number of rotatable bonds is 14. The molecule has 2 saturated heterocycles. The van der Waals surface area contributed by atoms with E-state index in [-0.39, 0.29) is 39.1 Å². The second-order valence-electron chi connectivity index (χ2n) is 17.8. The van der Waals surface area contributed by atoms with Gasteiger partial charge in [0.1, 0.15) is 48.5 Å². The van der Waals surface area contributed by atoms with Gasteiger partial charge in [-0.3, -0.25) is 32.5 Å². The molecule has 0 aromatic carbocycles. The quantitative estimate of drug-likeness (QED) is 0.0706. The monoisotopic (exact) mass is 920 g/mol. The van der Waals surface area contributed by atoms with Crippen LogP contribution in [0.4, 0.5) is 11.8 Å². The Hall–Kier alpha value is -3.05. The lowest BCUT2D eigenvalue weighted by Gasteiger charge is -2.41. The van der Waals surface area contributed by atoms with E-state index in [1.807, 2.05) is 67.7 Å². The Morgan fingerprint density at radius 3 is 1.92 bits per heavy atom. The van der Waals surface area contributed by atoms with Gasteiger partial charge in [-0.15, -0.1) is 0 Å². The van der Waals surface area contributed by atoms with Crippen LogP contribution in [0, 0.1) is 0 Å². The number of nitrogens with zero attached hydrogens (tertiary/aromatic N) is 7. The number of aliphatic hydroxyl groups is 1. The number of hydrogen-bond acceptors (Lipinski definition) is 18. The summed E-state index contributed by atoms with van der Waals surface area (Å²) in [6.45, 7) is 18.0. The number of hydrogen-bond donors (Lipinski definition) is 7. The maximum Gasteiger partial charge on any atom is 0.472 e. The van der Waals surface area contributed by atoms with Crippen LogP contribution >= 0.6 is 15.6 Å². The molecular weight excluding hydrogens is 867 g/mol. The molecule has 6 rings (SSSR count). The fourth-order valence-electron chi connectivity index (χ4n) is 6.38. The molecule has 5 unspecified atom stereocenters. The van der Waals surface area contributed by atoms with Gasteiger partial charge in [-0.1, -0.05) is 41.5 Å². The van der Waals surface area contributed by atoms with Crippen LogP contribution in [0.5, 0.6) is 0 Å². The highest BCUT2D eigenvalue weighted by Gasteiger charge is 2.56. The number of aliphatic hydroxyl groups excluding tert-OH is 1. The maximum absolute atomic E-state index is 14.1. The van der Waals surface area contributed by atoms with Gasteiger partial charge in [0.25, 0.3) is 5.56 Å². The molecule has 0 bridgehead atoms. The van der Waals surface area contributed by atoms with Gasteiger partial charge in [0.05, 0.1) is 25.9 Å². The van der Waals surface area contributed by atoms with Gasteiger partial charge in [-0.25, -0.2) is 29.1 Å². The van der Waals surface area contributed by atoms with Gasteiger partial charge in [0, 0.05) is 0 Å². The number of aromatic amines is 1. The molecule has 334 valence electrons. The molecule has 0 radical (unpaired) electrons. The summed E-state index contributed by atoms with van der Waals surface area (Å²) in [6, 6.07) is 0. The van der Waals surface area contributed by atoms with Crippen LogP contribution in [0.3, 0.4) is 0 Å². The topological polar surface area (TPSA) is 339 Å². The second kappa shape index (κ2) is 16.3. The Balaban J connectivity index is 1.35. The van der Waals surface area contributed by atoms with E-state index in [1.165, 1.54) is 21.8 Å². The van der Waals surface area contributed by atoms with Crippen LogP contribution in [-0.4, -0.2) is 125 Å². The van der Waals surface area contributed by atoms with E-state index in [0.717, 1.165) is 6.33 Å². The summed E-state index contributed by atoms with van der Waals surface area (Å²) in [7, 11) is -16.1. The van der Waals surface area contributed by atoms with Crippen LogP contribution in [0.1, 0.15) is 54.0 Å². The molecular formula is C32H54N10O14P2Si2. The minimum absolute atomic E-state index is 0.106. The van der Waals surface area contributed by atoms with Crippen LogP contribution < -0.4 is 17.0 Å². The fourth-order valence-corrected chi connectivity index (χ4v) is 10.5. The van der Waals surface area contributed by atoms with Gasteiger partial charge >= 0.3 is 15.6 Å².